The smallest absolute Gasteiger partial charge is 0.323 e. The van der Waals surface area contributed by atoms with E-state index in [2.05, 4.69) is 0 Å². The lowest BCUT2D eigenvalue weighted by Crippen LogP contribution is -2.40. The molecule has 1 unspecified atom stereocenters. The molecule has 1 N–H and O–H groups in total. The summed E-state index contributed by atoms with van der Waals surface area (Å²) in [6.45, 7) is 2.82. The maximum atomic E-state index is 12.5. The summed E-state index contributed by atoms with van der Waals surface area (Å²) in [4.78, 5) is 38.5. The van der Waals surface area contributed by atoms with Gasteiger partial charge in [0.1, 0.15) is 19.8 Å². The van der Waals surface area contributed by atoms with Gasteiger partial charge in [-0.15, -0.1) is 0 Å². The summed E-state index contributed by atoms with van der Waals surface area (Å²) in [6.07, 6.45) is 0.0728. The van der Waals surface area contributed by atoms with Crippen molar-refractivity contribution in [1.29, 1.82) is 0 Å². The lowest BCUT2D eigenvalue weighted by molar-refractivity contribution is -0.146. The number of carboxylic acids is 1. The molecule has 2 heterocycles. The lowest BCUT2D eigenvalue weighted by Gasteiger charge is -2.23. The molecule has 3 rings (SSSR count). The molecule has 1 fully saturated rings. The molecule has 1 atom stereocenters. The molecular weight excluding hydrogens is 328 g/mol. The van der Waals surface area contributed by atoms with E-state index in [0.717, 1.165) is 0 Å². The lowest BCUT2D eigenvalue weighted by atomic mass is 10.1. The van der Waals surface area contributed by atoms with Gasteiger partial charge in [-0.3, -0.25) is 14.4 Å². The van der Waals surface area contributed by atoms with E-state index < -0.39 is 11.9 Å². The number of amides is 2. The van der Waals surface area contributed by atoms with Crippen molar-refractivity contribution < 1.29 is 29.0 Å². The van der Waals surface area contributed by atoms with Gasteiger partial charge in [-0.05, 0) is 19.1 Å². The zero-order valence-electron chi connectivity index (χ0n) is 13.9. The van der Waals surface area contributed by atoms with Gasteiger partial charge in [-0.25, -0.2) is 0 Å². The number of ether oxygens (including phenoxy) is 2. The summed E-state index contributed by atoms with van der Waals surface area (Å²) in [5.41, 5.74) is 0.644. The molecule has 0 radical (unpaired) electrons. The second-order valence-corrected chi connectivity index (χ2v) is 5.98. The molecule has 0 aromatic heterocycles. The summed E-state index contributed by atoms with van der Waals surface area (Å²) in [5.74, 6) is -0.872. The topological polar surface area (TPSA) is 96.4 Å². The van der Waals surface area contributed by atoms with Crippen molar-refractivity contribution in [2.75, 3.05) is 37.7 Å². The average Bonchev–Trinajstić information content (AvgIpc) is 3.00. The van der Waals surface area contributed by atoms with Crippen LogP contribution in [-0.4, -0.2) is 60.6 Å². The monoisotopic (exact) mass is 348 g/mol. The zero-order chi connectivity index (χ0) is 18.0. The van der Waals surface area contributed by atoms with E-state index in [-0.39, 0.29) is 31.3 Å². The number of carboxylic acid groups (broad SMARTS) is 1. The maximum absolute atomic E-state index is 12.5. The van der Waals surface area contributed by atoms with Gasteiger partial charge in [0.2, 0.25) is 11.8 Å². The van der Waals surface area contributed by atoms with Gasteiger partial charge in [0.15, 0.2) is 11.5 Å². The number of hydrogen-bond donors (Lipinski definition) is 1. The predicted molar refractivity (Wildman–Crippen MR) is 87.8 cm³/mol. The fourth-order valence-electron chi connectivity index (χ4n) is 3.09. The van der Waals surface area contributed by atoms with Crippen molar-refractivity contribution >= 4 is 23.5 Å². The van der Waals surface area contributed by atoms with E-state index in [1.807, 2.05) is 0 Å². The first-order valence-corrected chi connectivity index (χ1v) is 8.20. The van der Waals surface area contributed by atoms with Crippen molar-refractivity contribution in [1.82, 2.24) is 4.90 Å². The summed E-state index contributed by atoms with van der Waals surface area (Å²) in [7, 11) is 0. The first-order chi connectivity index (χ1) is 12.0. The number of benzene rings is 1. The third kappa shape index (κ3) is 3.52. The molecule has 1 saturated heterocycles. The first-order valence-electron chi connectivity index (χ1n) is 8.20. The van der Waals surface area contributed by atoms with E-state index in [4.69, 9.17) is 14.6 Å². The SMILES string of the molecule is CCN(CC(=O)O)C(=O)C1CC(=O)N(c2ccc3c(c2)OCCO3)C1. The van der Waals surface area contributed by atoms with Gasteiger partial charge in [-0.2, -0.15) is 0 Å². The fraction of sp³-hybridized carbons (Fsp3) is 0.471. The zero-order valence-corrected chi connectivity index (χ0v) is 13.9. The predicted octanol–water partition coefficient (Wildman–Crippen LogP) is 0.744. The van der Waals surface area contributed by atoms with Gasteiger partial charge in [0.05, 0.1) is 5.92 Å². The third-order valence-electron chi connectivity index (χ3n) is 4.33. The molecule has 0 aliphatic carbocycles. The maximum Gasteiger partial charge on any atom is 0.323 e. The molecule has 0 spiro atoms. The van der Waals surface area contributed by atoms with Crippen molar-refractivity contribution in [3.63, 3.8) is 0 Å². The molecular formula is C17H20N2O6. The Kier molecular flexibility index (Phi) is 4.78. The van der Waals surface area contributed by atoms with Crippen LogP contribution >= 0.6 is 0 Å². The second kappa shape index (κ2) is 7.00. The molecule has 0 saturated carbocycles. The minimum atomic E-state index is -1.07. The average molecular weight is 348 g/mol. The Morgan fingerprint density at radius 1 is 1.28 bits per heavy atom. The highest BCUT2D eigenvalue weighted by Crippen LogP contribution is 2.36. The second-order valence-electron chi connectivity index (χ2n) is 5.98. The highest BCUT2D eigenvalue weighted by Gasteiger charge is 2.37. The van der Waals surface area contributed by atoms with Crippen LogP contribution in [0.4, 0.5) is 5.69 Å². The number of hydrogen-bond acceptors (Lipinski definition) is 5. The Labute approximate surface area is 144 Å². The van der Waals surface area contributed by atoms with Crippen molar-refractivity contribution in [2.24, 2.45) is 5.92 Å². The third-order valence-corrected chi connectivity index (χ3v) is 4.33. The van der Waals surface area contributed by atoms with E-state index in [1.54, 1.807) is 25.1 Å². The first kappa shape index (κ1) is 17.1. The highest BCUT2D eigenvalue weighted by molar-refractivity contribution is 6.00. The van der Waals surface area contributed by atoms with Crippen LogP contribution in [0.15, 0.2) is 18.2 Å². The Morgan fingerprint density at radius 2 is 2.00 bits per heavy atom. The number of carbonyl (C=O) groups is 3. The number of carbonyl (C=O) groups excluding carboxylic acids is 2. The molecule has 134 valence electrons. The Balaban J connectivity index is 1.74. The minimum absolute atomic E-state index is 0.0728. The summed E-state index contributed by atoms with van der Waals surface area (Å²) in [6, 6.07) is 5.23. The summed E-state index contributed by atoms with van der Waals surface area (Å²) >= 11 is 0. The van der Waals surface area contributed by atoms with Crippen LogP contribution in [0.1, 0.15) is 13.3 Å². The largest absolute Gasteiger partial charge is 0.486 e. The van der Waals surface area contributed by atoms with Gasteiger partial charge < -0.3 is 24.4 Å². The molecule has 2 aliphatic heterocycles. The molecule has 25 heavy (non-hydrogen) atoms. The van der Waals surface area contributed by atoms with Crippen LogP contribution in [-0.2, 0) is 14.4 Å². The summed E-state index contributed by atoms with van der Waals surface area (Å²) in [5, 5.41) is 8.90. The van der Waals surface area contributed by atoms with Crippen molar-refractivity contribution in [3.05, 3.63) is 18.2 Å². The quantitative estimate of drug-likeness (QED) is 0.843. The molecule has 2 aliphatic rings. The van der Waals surface area contributed by atoms with Gasteiger partial charge in [0, 0.05) is 31.3 Å². The standard InChI is InChI=1S/C17H20N2O6/c1-2-18(10-16(21)22)17(23)11-7-15(20)19(9-11)12-3-4-13-14(8-12)25-6-5-24-13/h3-4,8,11H,2,5-7,9-10H2,1H3,(H,21,22). The van der Waals surface area contributed by atoms with E-state index in [0.29, 0.717) is 36.9 Å². The van der Waals surface area contributed by atoms with Crippen molar-refractivity contribution in [3.8, 4) is 11.5 Å². The number of fused-ring (bicyclic) bond motifs is 1. The van der Waals surface area contributed by atoms with Crippen LogP contribution < -0.4 is 14.4 Å². The van der Waals surface area contributed by atoms with Crippen LogP contribution in [0.25, 0.3) is 0 Å². The van der Waals surface area contributed by atoms with Crippen LogP contribution in [0, 0.1) is 5.92 Å². The molecule has 1 aromatic carbocycles. The van der Waals surface area contributed by atoms with Gasteiger partial charge >= 0.3 is 5.97 Å². The number of rotatable bonds is 5. The van der Waals surface area contributed by atoms with Gasteiger partial charge in [0.25, 0.3) is 0 Å². The molecule has 1 aromatic rings. The normalized spacial score (nSPS) is 19.0. The number of likely N-dealkylation sites (N-methyl/N-ethyl adjacent to an activating group) is 1. The van der Waals surface area contributed by atoms with E-state index in [1.165, 1.54) is 9.80 Å². The molecule has 8 heteroatoms. The van der Waals surface area contributed by atoms with E-state index in [9.17, 15) is 14.4 Å². The minimum Gasteiger partial charge on any atom is -0.486 e. The Bertz CT molecular complexity index is 704. The Morgan fingerprint density at radius 3 is 2.68 bits per heavy atom. The van der Waals surface area contributed by atoms with Crippen LogP contribution in [0.5, 0.6) is 11.5 Å². The van der Waals surface area contributed by atoms with Gasteiger partial charge in [-0.1, -0.05) is 0 Å². The number of anilines is 1. The van der Waals surface area contributed by atoms with Crippen LogP contribution in [0.2, 0.25) is 0 Å². The number of nitrogens with zero attached hydrogens (tertiary/aromatic N) is 2. The molecule has 8 nitrogen and oxygen atoms in total. The van der Waals surface area contributed by atoms with Crippen molar-refractivity contribution in [2.45, 2.75) is 13.3 Å². The number of aliphatic carboxylic acids is 1. The Hall–Kier alpha value is -2.77. The summed E-state index contributed by atoms with van der Waals surface area (Å²) < 4.78 is 11.0. The van der Waals surface area contributed by atoms with Crippen LogP contribution in [0.3, 0.4) is 0 Å². The van der Waals surface area contributed by atoms with E-state index >= 15 is 0 Å². The molecule has 0 bridgehead atoms. The molecule has 2 amide bonds. The highest BCUT2D eigenvalue weighted by atomic mass is 16.6. The fourth-order valence-corrected chi connectivity index (χ4v) is 3.09.